The minimum atomic E-state index is 0.0608. The van der Waals surface area contributed by atoms with Gasteiger partial charge in [-0.3, -0.25) is 19.1 Å². The number of benzene rings is 1. The van der Waals surface area contributed by atoms with Gasteiger partial charge in [-0.25, -0.2) is 4.98 Å². The van der Waals surface area contributed by atoms with Crippen LogP contribution in [0.4, 0.5) is 0 Å². The molecule has 6 heteroatoms. The summed E-state index contributed by atoms with van der Waals surface area (Å²) in [7, 11) is 0. The molecule has 6 nitrogen and oxygen atoms in total. The fourth-order valence-corrected chi connectivity index (χ4v) is 5.84. The van der Waals surface area contributed by atoms with Crippen LogP contribution in [0.3, 0.4) is 0 Å². The van der Waals surface area contributed by atoms with Crippen LogP contribution in [0.2, 0.25) is 0 Å². The van der Waals surface area contributed by atoms with E-state index in [-0.39, 0.29) is 5.56 Å². The maximum atomic E-state index is 13.3. The first-order valence-corrected chi connectivity index (χ1v) is 13.2. The second-order valence-electron chi connectivity index (χ2n) is 10.3. The second-order valence-corrected chi connectivity index (χ2v) is 10.3. The molecule has 0 unspecified atom stereocenters. The van der Waals surface area contributed by atoms with Gasteiger partial charge in [0.05, 0.1) is 0 Å². The highest BCUT2D eigenvalue weighted by atomic mass is 16.1. The molecular weight excluding hydrogens is 458 g/mol. The van der Waals surface area contributed by atoms with Crippen LogP contribution >= 0.6 is 0 Å². The molecule has 5 aromatic rings. The zero-order chi connectivity index (χ0) is 25.5. The van der Waals surface area contributed by atoms with Crippen LogP contribution in [-0.2, 0) is 32.4 Å². The van der Waals surface area contributed by atoms with Crippen molar-refractivity contribution >= 4 is 16.6 Å². The predicted molar refractivity (Wildman–Crippen MR) is 148 cm³/mol. The fraction of sp³-hybridized carbons (Fsp3) is 0.323. The van der Waals surface area contributed by atoms with Crippen LogP contribution in [0.25, 0.3) is 16.6 Å². The highest BCUT2D eigenvalue weighted by Crippen LogP contribution is 2.32. The summed E-state index contributed by atoms with van der Waals surface area (Å²) in [6.07, 6.45) is 6.35. The van der Waals surface area contributed by atoms with Crippen molar-refractivity contribution < 1.29 is 0 Å². The van der Waals surface area contributed by atoms with Crippen LogP contribution in [0, 0.1) is 20.8 Å². The van der Waals surface area contributed by atoms with Crippen LogP contribution in [-0.4, -0.2) is 36.9 Å². The number of pyridine rings is 2. The maximum Gasteiger partial charge on any atom is 0.261 e. The van der Waals surface area contributed by atoms with Gasteiger partial charge < -0.3 is 4.57 Å². The van der Waals surface area contributed by atoms with Gasteiger partial charge in [0.2, 0.25) is 0 Å². The van der Waals surface area contributed by atoms with E-state index in [0.717, 1.165) is 67.2 Å². The zero-order valence-electron chi connectivity index (χ0n) is 21.9. The van der Waals surface area contributed by atoms with Crippen molar-refractivity contribution in [2.45, 2.75) is 53.1 Å². The Hall–Kier alpha value is -3.77. The number of hydrogen-bond acceptors (Lipinski definition) is 4. The third kappa shape index (κ3) is 4.36. The Bertz CT molecular complexity index is 1660. The summed E-state index contributed by atoms with van der Waals surface area (Å²) >= 11 is 0. The Morgan fingerprint density at radius 1 is 0.973 bits per heavy atom. The molecule has 0 bridgehead atoms. The standard InChI is InChI=1S/C31H33N5O/c1-21-9-10-28-26(19-21)27-20-34(17-13-29(27)35(28)18-11-24-8-4-5-14-32-24)16-12-25-23(3)33-30-22(2)7-6-15-36(30)31(25)37/h4-10,14-15,19H,11-13,16-18,20H2,1-3H3. The lowest BCUT2D eigenvalue weighted by Crippen LogP contribution is -2.34. The Kier molecular flexibility index (Phi) is 6.13. The summed E-state index contributed by atoms with van der Waals surface area (Å²) in [4.78, 5) is 25.1. The van der Waals surface area contributed by atoms with Gasteiger partial charge >= 0.3 is 0 Å². The molecule has 0 spiro atoms. The fourth-order valence-electron chi connectivity index (χ4n) is 5.84. The summed E-state index contributed by atoms with van der Waals surface area (Å²) in [6, 6.07) is 16.9. The number of rotatable bonds is 6. The maximum absolute atomic E-state index is 13.3. The van der Waals surface area contributed by atoms with Crippen LogP contribution in [0.5, 0.6) is 0 Å². The van der Waals surface area contributed by atoms with Gasteiger partial charge in [0.15, 0.2) is 0 Å². The number of hydrogen-bond donors (Lipinski definition) is 0. The third-order valence-corrected chi connectivity index (χ3v) is 7.83. The molecule has 0 saturated heterocycles. The van der Waals surface area contributed by atoms with E-state index >= 15 is 0 Å². The van der Waals surface area contributed by atoms with E-state index in [1.807, 2.05) is 44.4 Å². The molecule has 0 N–H and O–H groups in total. The van der Waals surface area contributed by atoms with E-state index in [1.165, 1.54) is 27.7 Å². The molecule has 1 aliphatic rings. The Balaban J connectivity index is 1.26. The van der Waals surface area contributed by atoms with E-state index in [9.17, 15) is 4.79 Å². The molecule has 0 aliphatic carbocycles. The van der Waals surface area contributed by atoms with Gasteiger partial charge in [-0.2, -0.15) is 0 Å². The molecule has 188 valence electrons. The van der Waals surface area contributed by atoms with Crippen LogP contribution < -0.4 is 5.56 Å². The van der Waals surface area contributed by atoms with Gasteiger partial charge in [-0.1, -0.05) is 23.8 Å². The normalized spacial score (nSPS) is 13.9. The molecule has 0 radical (unpaired) electrons. The second kappa shape index (κ2) is 9.60. The first-order valence-electron chi connectivity index (χ1n) is 13.2. The molecular formula is C31H33N5O. The van der Waals surface area contributed by atoms with Crippen molar-refractivity contribution in [1.82, 2.24) is 23.8 Å². The van der Waals surface area contributed by atoms with E-state index in [2.05, 4.69) is 51.7 Å². The van der Waals surface area contributed by atoms with Crippen LogP contribution in [0.1, 0.15) is 39.3 Å². The Morgan fingerprint density at radius 2 is 1.86 bits per heavy atom. The topological polar surface area (TPSA) is 55.4 Å². The molecule has 0 atom stereocenters. The van der Waals surface area contributed by atoms with E-state index in [0.29, 0.717) is 6.42 Å². The van der Waals surface area contributed by atoms with Crippen molar-refractivity contribution in [3.05, 3.63) is 111 Å². The lowest BCUT2D eigenvalue weighted by atomic mass is 10.0. The molecule has 5 heterocycles. The number of aryl methyl sites for hydroxylation is 5. The largest absolute Gasteiger partial charge is 0.344 e. The SMILES string of the molecule is Cc1ccc2c(c1)c1c(n2CCc2ccccn2)CCN(CCc2c(C)nc3c(C)cccn3c2=O)C1. The smallest absolute Gasteiger partial charge is 0.261 e. The molecule has 37 heavy (non-hydrogen) atoms. The highest BCUT2D eigenvalue weighted by molar-refractivity contribution is 5.86. The van der Waals surface area contributed by atoms with Gasteiger partial charge in [0.25, 0.3) is 5.56 Å². The van der Waals surface area contributed by atoms with Crippen molar-refractivity contribution in [1.29, 1.82) is 0 Å². The minimum absolute atomic E-state index is 0.0608. The predicted octanol–water partition coefficient (Wildman–Crippen LogP) is 4.81. The van der Waals surface area contributed by atoms with E-state index in [1.54, 1.807) is 4.40 Å². The summed E-state index contributed by atoms with van der Waals surface area (Å²) in [5.41, 5.74) is 10.1. The lowest BCUT2D eigenvalue weighted by molar-refractivity contribution is 0.254. The zero-order valence-corrected chi connectivity index (χ0v) is 21.9. The molecule has 0 amide bonds. The molecule has 1 aliphatic heterocycles. The quantitative estimate of drug-likeness (QED) is 0.342. The van der Waals surface area contributed by atoms with E-state index in [4.69, 9.17) is 4.98 Å². The van der Waals surface area contributed by atoms with Gasteiger partial charge in [-0.15, -0.1) is 0 Å². The summed E-state index contributed by atoms with van der Waals surface area (Å²) in [6.45, 7) is 9.82. The highest BCUT2D eigenvalue weighted by Gasteiger charge is 2.24. The van der Waals surface area contributed by atoms with E-state index < -0.39 is 0 Å². The third-order valence-electron chi connectivity index (χ3n) is 7.83. The average molecular weight is 492 g/mol. The Morgan fingerprint density at radius 3 is 2.70 bits per heavy atom. The number of fused-ring (bicyclic) bond motifs is 4. The molecule has 4 aromatic heterocycles. The van der Waals surface area contributed by atoms with Gasteiger partial charge in [-0.05, 0) is 68.7 Å². The van der Waals surface area contributed by atoms with Crippen LogP contribution in [0.15, 0.2) is 65.7 Å². The molecule has 0 saturated carbocycles. The summed E-state index contributed by atoms with van der Waals surface area (Å²) in [5.74, 6) is 0. The first kappa shape index (κ1) is 23.6. The van der Waals surface area contributed by atoms with Gasteiger partial charge in [0.1, 0.15) is 5.65 Å². The molecule has 1 aromatic carbocycles. The minimum Gasteiger partial charge on any atom is -0.344 e. The van der Waals surface area contributed by atoms with Crippen molar-refractivity contribution in [3.8, 4) is 0 Å². The van der Waals surface area contributed by atoms with Crippen molar-refractivity contribution in [3.63, 3.8) is 0 Å². The summed E-state index contributed by atoms with van der Waals surface area (Å²) in [5, 5.41) is 1.36. The van der Waals surface area contributed by atoms with Crippen molar-refractivity contribution in [2.75, 3.05) is 13.1 Å². The number of aromatic nitrogens is 4. The van der Waals surface area contributed by atoms with Crippen molar-refractivity contribution in [2.24, 2.45) is 0 Å². The number of nitrogens with zero attached hydrogens (tertiary/aromatic N) is 5. The lowest BCUT2D eigenvalue weighted by Gasteiger charge is -2.28. The Labute approximate surface area is 217 Å². The summed E-state index contributed by atoms with van der Waals surface area (Å²) < 4.78 is 4.21. The molecule has 0 fully saturated rings. The first-order chi connectivity index (χ1) is 18.0. The average Bonchev–Trinajstić information content (AvgIpc) is 3.20. The molecule has 6 rings (SSSR count). The monoisotopic (exact) mass is 491 g/mol. The van der Waals surface area contributed by atoms with Gasteiger partial charge in [0, 0.05) is 85.0 Å².